The number of rotatable bonds is 25. The van der Waals surface area contributed by atoms with Gasteiger partial charge in [0.1, 0.15) is 38.6 Å². The Balaban J connectivity index is 1.16. The van der Waals surface area contributed by atoms with Crippen LogP contribution < -0.4 is 0 Å². The smallest absolute Gasteiger partial charge is 0.338 e. The third-order valence-corrected chi connectivity index (χ3v) is 14.8. The zero-order valence-electron chi connectivity index (χ0n) is 42.1. The minimum atomic E-state index is -3.99. The maximum Gasteiger partial charge on any atom is 0.338 e. The van der Waals surface area contributed by atoms with Crippen molar-refractivity contribution >= 4 is 39.7 Å². The second-order valence-electron chi connectivity index (χ2n) is 18.3. The van der Waals surface area contributed by atoms with E-state index in [4.69, 9.17) is 42.6 Å². The van der Waals surface area contributed by atoms with Gasteiger partial charge in [-0.2, -0.15) is 0 Å². The largest absolute Gasteiger partial charge is 0.459 e. The molecule has 2 aliphatic heterocycles. The highest BCUT2D eigenvalue weighted by molar-refractivity contribution is 7.91. The summed E-state index contributed by atoms with van der Waals surface area (Å²) in [6.07, 6.45) is -5.10. The maximum absolute atomic E-state index is 14.3. The summed E-state index contributed by atoms with van der Waals surface area (Å²) in [6.45, 7) is 0.835. The first kappa shape index (κ1) is 55.7. The number of carbonyl (C=O) groups is 5. The lowest BCUT2D eigenvalue weighted by atomic mass is 9.87. The fourth-order valence-corrected chi connectivity index (χ4v) is 10.9. The minimum absolute atomic E-state index is 0.0505. The fourth-order valence-electron chi connectivity index (χ4n) is 9.24. The summed E-state index contributed by atoms with van der Waals surface area (Å²) in [5.74, 6) is -4.37. The van der Waals surface area contributed by atoms with Crippen LogP contribution in [-0.2, 0) is 57.3 Å². The Kier molecular flexibility index (Phi) is 20.4. The first-order valence-electron chi connectivity index (χ1n) is 24.7. The van der Waals surface area contributed by atoms with Gasteiger partial charge in [-0.1, -0.05) is 96.6 Å². The first-order chi connectivity index (χ1) is 36.3. The summed E-state index contributed by atoms with van der Waals surface area (Å²) in [4.78, 5) is 66.1. The van der Waals surface area contributed by atoms with E-state index in [0.717, 1.165) is 5.57 Å². The molecular formula is C58H62O16S. The number of hydrogen-bond acceptors (Lipinski definition) is 16. The second-order valence-corrected chi connectivity index (χ2v) is 20.3. The molecule has 75 heavy (non-hydrogen) atoms. The highest BCUT2D eigenvalue weighted by atomic mass is 32.2. The Morgan fingerprint density at radius 1 is 0.600 bits per heavy atom. The lowest BCUT2D eigenvalue weighted by molar-refractivity contribution is -0.147. The summed E-state index contributed by atoms with van der Waals surface area (Å²) in [6, 6.07) is 41.6. The van der Waals surface area contributed by atoms with Crippen molar-refractivity contribution in [2.24, 2.45) is 5.92 Å². The summed E-state index contributed by atoms with van der Waals surface area (Å²) in [5, 5.41) is 0. The summed E-state index contributed by atoms with van der Waals surface area (Å²) >= 11 is 0. The molecule has 396 valence electrons. The third kappa shape index (κ3) is 16.0. The van der Waals surface area contributed by atoms with E-state index in [1.807, 2.05) is 6.92 Å². The van der Waals surface area contributed by atoms with Gasteiger partial charge in [0.05, 0.1) is 63.4 Å². The predicted molar refractivity (Wildman–Crippen MR) is 273 cm³/mol. The molecule has 2 heterocycles. The van der Waals surface area contributed by atoms with Gasteiger partial charge >= 0.3 is 29.8 Å². The molecule has 8 atom stereocenters. The van der Waals surface area contributed by atoms with Gasteiger partial charge in [-0.05, 0) is 92.4 Å². The van der Waals surface area contributed by atoms with Gasteiger partial charge in [0.2, 0.25) is 0 Å². The molecule has 5 aromatic carbocycles. The van der Waals surface area contributed by atoms with Crippen molar-refractivity contribution in [3.63, 3.8) is 0 Å². The Labute approximate surface area is 437 Å². The minimum Gasteiger partial charge on any atom is -0.459 e. The van der Waals surface area contributed by atoms with Crippen LogP contribution in [0.4, 0.5) is 0 Å². The Hall–Kier alpha value is -7.02. The summed E-state index contributed by atoms with van der Waals surface area (Å²) < 4.78 is 82.6. The van der Waals surface area contributed by atoms with Crippen LogP contribution in [0.25, 0.3) is 0 Å². The van der Waals surface area contributed by atoms with Gasteiger partial charge in [-0.15, -0.1) is 0 Å². The molecule has 17 heteroatoms. The first-order valence-corrected chi connectivity index (χ1v) is 26.4. The van der Waals surface area contributed by atoms with Crippen LogP contribution in [-0.4, -0.2) is 127 Å². The van der Waals surface area contributed by atoms with Crippen molar-refractivity contribution < 1.29 is 75.0 Å². The Morgan fingerprint density at radius 2 is 1.08 bits per heavy atom. The van der Waals surface area contributed by atoms with Crippen LogP contribution in [0, 0.1) is 5.92 Å². The van der Waals surface area contributed by atoms with Crippen molar-refractivity contribution in [2.75, 3.05) is 46.4 Å². The van der Waals surface area contributed by atoms with E-state index < -0.39 is 94.1 Å². The molecular weight excluding hydrogens is 985 g/mol. The highest BCUT2D eigenvalue weighted by Crippen LogP contribution is 2.40. The van der Waals surface area contributed by atoms with Crippen LogP contribution in [0.2, 0.25) is 0 Å². The molecule has 0 saturated carbocycles. The molecule has 0 aromatic heterocycles. The van der Waals surface area contributed by atoms with Crippen LogP contribution >= 0.6 is 0 Å². The number of esters is 5. The molecule has 1 fully saturated rings. The number of carbonyl (C=O) groups excluding carboxylic acids is 5. The van der Waals surface area contributed by atoms with Crippen molar-refractivity contribution in [1.29, 1.82) is 0 Å². The van der Waals surface area contributed by atoms with Crippen molar-refractivity contribution in [3.05, 3.63) is 185 Å². The molecule has 0 bridgehead atoms. The Morgan fingerprint density at radius 3 is 1.59 bits per heavy atom. The van der Waals surface area contributed by atoms with Crippen LogP contribution in [0.5, 0.6) is 0 Å². The lowest BCUT2D eigenvalue weighted by Gasteiger charge is -2.36. The molecule has 0 aliphatic carbocycles. The SMILES string of the molecule is COCC(=O)OCC1=C(C)C[C@@H](CC[C@H](COC(=O)c2ccccc2)OC(=O)c2ccccc2)O[C@H]1C[C@@H]1O[C@H](C[C@@H](COC(=O)c2ccccc2)OC(=O)c2ccccc2)[C@H](OC)[C@H]1CS(=O)(=O)c1ccccc1. The molecule has 0 spiro atoms. The van der Waals surface area contributed by atoms with E-state index in [9.17, 15) is 32.4 Å². The number of hydrogen-bond donors (Lipinski definition) is 0. The molecule has 2 aliphatic rings. The van der Waals surface area contributed by atoms with E-state index in [0.29, 0.717) is 29.5 Å². The average Bonchev–Trinajstić information content (AvgIpc) is 3.74. The Bertz CT molecular complexity index is 2790. The van der Waals surface area contributed by atoms with Gasteiger partial charge in [0.25, 0.3) is 0 Å². The molecule has 1 saturated heterocycles. The molecule has 0 unspecified atom stereocenters. The molecule has 0 radical (unpaired) electrons. The zero-order chi connectivity index (χ0) is 53.2. The number of ether oxygens (including phenoxy) is 9. The highest BCUT2D eigenvalue weighted by Gasteiger charge is 2.49. The second kappa shape index (κ2) is 27.5. The topological polar surface area (TPSA) is 203 Å². The predicted octanol–water partition coefficient (Wildman–Crippen LogP) is 8.25. The molecule has 16 nitrogen and oxygen atoms in total. The van der Waals surface area contributed by atoms with E-state index in [1.165, 1.54) is 26.4 Å². The van der Waals surface area contributed by atoms with Crippen molar-refractivity contribution in [1.82, 2.24) is 0 Å². The molecule has 5 aromatic rings. The number of benzene rings is 5. The van der Waals surface area contributed by atoms with Crippen LogP contribution in [0.1, 0.15) is 80.5 Å². The number of sulfone groups is 1. The van der Waals surface area contributed by atoms with Crippen molar-refractivity contribution in [3.8, 4) is 0 Å². The zero-order valence-corrected chi connectivity index (χ0v) is 42.9. The van der Waals surface area contributed by atoms with Crippen LogP contribution in [0.15, 0.2) is 168 Å². The number of methoxy groups -OCH3 is 2. The van der Waals surface area contributed by atoms with E-state index in [1.54, 1.807) is 140 Å². The molecule has 0 amide bonds. The van der Waals surface area contributed by atoms with Gasteiger partial charge in [-0.25, -0.2) is 32.4 Å². The van der Waals surface area contributed by atoms with Crippen LogP contribution in [0.3, 0.4) is 0 Å². The summed E-state index contributed by atoms with van der Waals surface area (Å²) in [5.41, 5.74) is 2.68. The maximum atomic E-state index is 14.3. The van der Waals surface area contributed by atoms with Gasteiger partial charge in [-0.3, -0.25) is 0 Å². The van der Waals surface area contributed by atoms with Gasteiger partial charge in [0.15, 0.2) is 9.84 Å². The van der Waals surface area contributed by atoms with Gasteiger partial charge in [0, 0.05) is 33.0 Å². The molecule has 7 rings (SSSR count). The van der Waals surface area contributed by atoms with Crippen molar-refractivity contribution in [2.45, 2.75) is 86.7 Å². The quantitative estimate of drug-likeness (QED) is 0.0307. The average molecular weight is 1050 g/mol. The summed E-state index contributed by atoms with van der Waals surface area (Å²) in [7, 11) is -1.17. The van der Waals surface area contributed by atoms with Gasteiger partial charge < -0.3 is 42.6 Å². The third-order valence-electron chi connectivity index (χ3n) is 13.0. The van der Waals surface area contributed by atoms with E-state index in [-0.39, 0.29) is 61.7 Å². The normalized spacial score (nSPS) is 20.3. The monoisotopic (exact) mass is 1050 g/mol. The van der Waals surface area contributed by atoms with E-state index >= 15 is 0 Å². The van der Waals surface area contributed by atoms with E-state index in [2.05, 4.69) is 0 Å². The standard InChI is InChI=1S/C58H62O16S/c1-39-31-44(29-30-45(72-57(62)42-23-13-6-14-24-42)34-69-55(60)40-19-9-4-10-20-40)71-50(48(39)36-68-53(59)37-66-2)33-51-49(38-75(64,65)47-27-17-8-18-28-47)54(67-3)52(74-51)32-46(73-58(63)43-25-15-7-16-26-43)35-70-56(61)41-21-11-5-12-22-41/h4-28,44-46,49-52,54H,29-38H2,1-3H3/t44-,45-,46+,49+,50+,51+,52-,54-/m1/s1. The fraction of sp³-hybridized carbons (Fsp3) is 0.362. The lowest BCUT2D eigenvalue weighted by Crippen LogP contribution is -2.40. The molecule has 0 N–H and O–H groups in total.